The van der Waals surface area contributed by atoms with Crippen molar-refractivity contribution < 1.29 is 14.6 Å². The Morgan fingerprint density at radius 2 is 1.67 bits per heavy atom. The van der Waals surface area contributed by atoms with Crippen LogP contribution in [-0.4, -0.2) is 25.9 Å². The van der Waals surface area contributed by atoms with E-state index in [2.05, 4.69) is 0 Å². The van der Waals surface area contributed by atoms with Gasteiger partial charge in [-0.1, -0.05) is 6.07 Å². The maximum absolute atomic E-state index is 9.12. The monoisotopic (exact) mass is 288 g/mol. The van der Waals surface area contributed by atoms with Crippen LogP contribution in [0.4, 0.5) is 11.4 Å². The zero-order valence-corrected chi connectivity index (χ0v) is 12.2. The number of ether oxygens (including phenoxy) is 2. The molecule has 0 saturated heterocycles. The first-order valence-electron chi connectivity index (χ1n) is 6.62. The molecule has 5 N–H and O–H groups in total. The lowest BCUT2D eigenvalue weighted by Crippen LogP contribution is -2.02. The van der Waals surface area contributed by atoms with E-state index in [0.717, 1.165) is 16.7 Å². The molecule has 0 amide bonds. The van der Waals surface area contributed by atoms with Gasteiger partial charge in [-0.05, 0) is 36.2 Å². The van der Waals surface area contributed by atoms with Crippen molar-refractivity contribution in [2.75, 3.05) is 32.3 Å². The SMILES string of the molecule is COc1cccc(OC)c1-c1cc(CCO)cc(N)c1N. The lowest BCUT2D eigenvalue weighted by atomic mass is 9.97. The number of hydrogen-bond acceptors (Lipinski definition) is 5. The van der Waals surface area contributed by atoms with Crippen molar-refractivity contribution in [3.8, 4) is 22.6 Å². The molecule has 0 heterocycles. The quantitative estimate of drug-likeness (QED) is 0.733. The van der Waals surface area contributed by atoms with Gasteiger partial charge in [0.2, 0.25) is 0 Å². The van der Waals surface area contributed by atoms with Gasteiger partial charge in [-0.15, -0.1) is 0 Å². The molecule has 0 atom stereocenters. The summed E-state index contributed by atoms with van der Waals surface area (Å²) < 4.78 is 10.8. The molecule has 2 rings (SSSR count). The summed E-state index contributed by atoms with van der Waals surface area (Å²) in [5, 5.41) is 9.12. The third kappa shape index (κ3) is 2.87. The van der Waals surface area contributed by atoms with E-state index in [9.17, 15) is 0 Å². The molecule has 5 nitrogen and oxygen atoms in total. The van der Waals surface area contributed by atoms with Crippen molar-refractivity contribution >= 4 is 11.4 Å². The summed E-state index contributed by atoms with van der Waals surface area (Å²) >= 11 is 0. The summed E-state index contributed by atoms with van der Waals surface area (Å²) in [6.07, 6.45) is 0.509. The van der Waals surface area contributed by atoms with Gasteiger partial charge in [0.05, 0.1) is 31.2 Å². The molecule has 0 aromatic heterocycles. The lowest BCUT2D eigenvalue weighted by Gasteiger charge is -2.17. The van der Waals surface area contributed by atoms with E-state index in [1.807, 2.05) is 24.3 Å². The number of anilines is 2. The zero-order chi connectivity index (χ0) is 15.4. The molecule has 0 radical (unpaired) electrons. The number of aliphatic hydroxyl groups excluding tert-OH is 1. The highest BCUT2D eigenvalue weighted by atomic mass is 16.5. The van der Waals surface area contributed by atoms with E-state index in [0.29, 0.717) is 29.3 Å². The van der Waals surface area contributed by atoms with Gasteiger partial charge in [-0.2, -0.15) is 0 Å². The Morgan fingerprint density at radius 3 is 2.19 bits per heavy atom. The second-order valence-corrected chi connectivity index (χ2v) is 4.66. The fraction of sp³-hybridized carbons (Fsp3) is 0.250. The Labute approximate surface area is 124 Å². The molecule has 21 heavy (non-hydrogen) atoms. The predicted octanol–water partition coefficient (Wildman–Crippen LogP) is 2.07. The topological polar surface area (TPSA) is 90.7 Å². The predicted molar refractivity (Wildman–Crippen MR) is 84.6 cm³/mol. The van der Waals surface area contributed by atoms with Crippen LogP contribution in [0, 0.1) is 0 Å². The lowest BCUT2D eigenvalue weighted by molar-refractivity contribution is 0.299. The van der Waals surface area contributed by atoms with Gasteiger partial charge < -0.3 is 26.0 Å². The van der Waals surface area contributed by atoms with Crippen LogP contribution in [0.3, 0.4) is 0 Å². The van der Waals surface area contributed by atoms with Gasteiger partial charge in [0, 0.05) is 12.2 Å². The van der Waals surface area contributed by atoms with Crippen molar-refractivity contribution in [3.63, 3.8) is 0 Å². The molecule has 0 fully saturated rings. The Kier molecular flexibility index (Phi) is 4.55. The smallest absolute Gasteiger partial charge is 0.130 e. The van der Waals surface area contributed by atoms with Gasteiger partial charge in [0.15, 0.2) is 0 Å². The Hall–Kier alpha value is -2.40. The third-order valence-electron chi connectivity index (χ3n) is 3.37. The number of nitrogens with two attached hydrogens (primary N) is 2. The first kappa shape index (κ1) is 15.0. The Balaban J connectivity index is 2.71. The number of aliphatic hydroxyl groups is 1. The van der Waals surface area contributed by atoms with Crippen LogP contribution in [0.5, 0.6) is 11.5 Å². The summed E-state index contributed by atoms with van der Waals surface area (Å²) in [7, 11) is 3.19. The minimum atomic E-state index is 0.0475. The van der Waals surface area contributed by atoms with Crippen LogP contribution in [0.15, 0.2) is 30.3 Å². The van der Waals surface area contributed by atoms with E-state index < -0.39 is 0 Å². The van der Waals surface area contributed by atoms with Crippen LogP contribution in [0.1, 0.15) is 5.56 Å². The molecule has 0 spiro atoms. The molecule has 0 aliphatic carbocycles. The van der Waals surface area contributed by atoms with Gasteiger partial charge in [0.1, 0.15) is 11.5 Å². The molecular weight excluding hydrogens is 268 g/mol. The average molecular weight is 288 g/mol. The average Bonchev–Trinajstić information content (AvgIpc) is 2.50. The second kappa shape index (κ2) is 6.37. The fourth-order valence-corrected chi connectivity index (χ4v) is 2.33. The van der Waals surface area contributed by atoms with Gasteiger partial charge >= 0.3 is 0 Å². The summed E-state index contributed by atoms with van der Waals surface area (Å²) in [5.74, 6) is 1.31. The molecule has 0 unspecified atom stereocenters. The number of benzene rings is 2. The second-order valence-electron chi connectivity index (χ2n) is 4.66. The minimum Gasteiger partial charge on any atom is -0.496 e. The Morgan fingerprint density at radius 1 is 1.05 bits per heavy atom. The van der Waals surface area contributed by atoms with Gasteiger partial charge in [0.25, 0.3) is 0 Å². The largest absolute Gasteiger partial charge is 0.496 e. The molecule has 5 heteroatoms. The normalized spacial score (nSPS) is 10.4. The van der Waals surface area contributed by atoms with Crippen molar-refractivity contribution in [3.05, 3.63) is 35.9 Å². The molecule has 0 bridgehead atoms. The maximum atomic E-state index is 9.12. The maximum Gasteiger partial charge on any atom is 0.130 e. The summed E-state index contributed by atoms with van der Waals surface area (Å²) in [4.78, 5) is 0. The van der Waals surface area contributed by atoms with Crippen molar-refractivity contribution in [1.82, 2.24) is 0 Å². The van der Waals surface area contributed by atoms with E-state index in [1.165, 1.54) is 0 Å². The van der Waals surface area contributed by atoms with Gasteiger partial charge in [-0.25, -0.2) is 0 Å². The number of rotatable bonds is 5. The van der Waals surface area contributed by atoms with Crippen molar-refractivity contribution in [1.29, 1.82) is 0 Å². The summed E-state index contributed by atoms with van der Waals surface area (Å²) in [6, 6.07) is 9.20. The zero-order valence-electron chi connectivity index (χ0n) is 12.2. The highest BCUT2D eigenvalue weighted by Gasteiger charge is 2.17. The minimum absolute atomic E-state index is 0.0475. The first-order chi connectivity index (χ1) is 10.1. The molecule has 0 aliphatic heterocycles. The first-order valence-corrected chi connectivity index (χ1v) is 6.62. The molecular formula is C16H20N2O3. The molecule has 0 saturated carbocycles. The van der Waals surface area contributed by atoms with Crippen molar-refractivity contribution in [2.45, 2.75) is 6.42 Å². The third-order valence-corrected chi connectivity index (χ3v) is 3.37. The van der Waals surface area contributed by atoms with E-state index >= 15 is 0 Å². The number of hydrogen-bond donors (Lipinski definition) is 3. The van der Waals surface area contributed by atoms with Crippen molar-refractivity contribution in [2.24, 2.45) is 0 Å². The highest BCUT2D eigenvalue weighted by Crippen LogP contribution is 2.43. The van der Waals surface area contributed by atoms with Gasteiger partial charge in [-0.3, -0.25) is 0 Å². The Bertz CT molecular complexity index is 619. The summed E-state index contributed by atoms with van der Waals surface area (Å²) in [6.45, 7) is 0.0475. The molecule has 112 valence electrons. The highest BCUT2D eigenvalue weighted by molar-refractivity contribution is 5.90. The van der Waals surface area contributed by atoms with Crippen LogP contribution in [0.2, 0.25) is 0 Å². The van der Waals surface area contributed by atoms with Crippen LogP contribution < -0.4 is 20.9 Å². The standard InChI is InChI=1S/C16H20N2O3/c1-20-13-4-3-5-14(21-2)15(13)11-8-10(6-7-19)9-12(17)16(11)18/h3-5,8-9,19H,6-7,17-18H2,1-2H3. The van der Waals surface area contributed by atoms with Crippen LogP contribution in [-0.2, 0) is 6.42 Å². The number of nitrogen functional groups attached to an aromatic ring is 2. The molecule has 2 aromatic carbocycles. The van der Waals surface area contributed by atoms with E-state index in [4.69, 9.17) is 26.0 Å². The summed E-state index contributed by atoms with van der Waals surface area (Å²) in [5.41, 5.74) is 15.5. The van der Waals surface area contributed by atoms with Crippen LogP contribution in [0.25, 0.3) is 11.1 Å². The van der Waals surface area contributed by atoms with E-state index in [1.54, 1.807) is 20.3 Å². The molecule has 2 aromatic rings. The number of methoxy groups -OCH3 is 2. The van der Waals surface area contributed by atoms with Crippen LogP contribution >= 0.6 is 0 Å². The molecule has 0 aliphatic rings. The fourth-order valence-electron chi connectivity index (χ4n) is 2.33. The van der Waals surface area contributed by atoms with E-state index in [-0.39, 0.29) is 6.61 Å².